The molecule has 0 saturated carbocycles. The van der Waals surface area contributed by atoms with Crippen LogP contribution in [-0.2, 0) is 14.4 Å². The van der Waals surface area contributed by atoms with E-state index in [4.69, 9.17) is 11.6 Å². The quantitative estimate of drug-likeness (QED) is 0.816. The Morgan fingerprint density at radius 2 is 1.75 bits per heavy atom. The molecule has 0 bridgehead atoms. The molecule has 2 aromatic carbocycles. The Morgan fingerprint density at radius 1 is 1.11 bits per heavy atom. The zero-order chi connectivity index (χ0) is 20.5. The first-order chi connectivity index (χ1) is 13.2. The van der Waals surface area contributed by atoms with E-state index in [1.165, 1.54) is 4.90 Å². The number of anilines is 3. The average Bonchev–Trinajstić information content (AvgIpc) is 2.63. The van der Waals surface area contributed by atoms with Gasteiger partial charge in [0.05, 0.1) is 17.8 Å². The average molecular weight is 400 g/mol. The Morgan fingerprint density at radius 3 is 2.39 bits per heavy atom. The van der Waals surface area contributed by atoms with E-state index in [-0.39, 0.29) is 24.1 Å². The number of amides is 3. The third kappa shape index (κ3) is 4.17. The number of halogens is 1. The SMILES string of the molecule is CC(C)(C)C(=O)N1c2ccccc2NC(=O)[C@H]1CC(=O)Nc1ccc(Cl)cc1. The van der Waals surface area contributed by atoms with Crippen LogP contribution in [0.5, 0.6) is 0 Å². The van der Waals surface area contributed by atoms with Gasteiger partial charge in [-0.2, -0.15) is 0 Å². The van der Waals surface area contributed by atoms with Crippen LogP contribution in [0.3, 0.4) is 0 Å². The molecule has 0 spiro atoms. The molecule has 7 heteroatoms. The fourth-order valence-electron chi connectivity index (χ4n) is 3.01. The van der Waals surface area contributed by atoms with Gasteiger partial charge >= 0.3 is 0 Å². The lowest BCUT2D eigenvalue weighted by Gasteiger charge is -2.39. The number of para-hydroxylation sites is 2. The molecule has 3 amide bonds. The highest BCUT2D eigenvalue weighted by Crippen LogP contribution is 2.36. The maximum atomic E-state index is 13.1. The number of fused-ring (bicyclic) bond motifs is 1. The molecule has 0 aliphatic carbocycles. The van der Waals surface area contributed by atoms with Crippen LogP contribution < -0.4 is 15.5 Å². The van der Waals surface area contributed by atoms with Crippen molar-refractivity contribution in [3.05, 3.63) is 53.6 Å². The minimum Gasteiger partial charge on any atom is -0.326 e. The van der Waals surface area contributed by atoms with Gasteiger partial charge in [-0.25, -0.2) is 0 Å². The van der Waals surface area contributed by atoms with Crippen LogP contribution in [0.25, 0.3) is 0 Å². The summed E-state index contributed by atoms with van der Waals surface area (Å²) < 4.78 is 0. The molecular formula is C21H22ClN3O3. The van der Waals surface area contributed by atoms with Gasteiger partial charge in [0.15, 0.2) is 0 Å². The van der Waals surface area contributed by atoms with Crippen molar-refractivity contribution in [1.82, 2.24) is 0 Å². The van der Waals surface area contributed by atoms with Crippen molar-refractivity contribution in [2.24, 2.45) is 5.41 Å². The number of hydrogen-bond acceptors (Lipinski definition) is 3. The molecule has 2 N–H and O–H groups in total. The molecular weight excluding hydrogens is 378 g/mol. The second-order valence-electron chi connectivity index (χ2n) is 7.71. The van der Waals surface area contributed by atoms with Gasteiger partial charge in [-0.3, -0.25) is 19.3 Å². The van der Waals surface area contributed by atoms with Gasteiger partial charge < -0.3 is 10.6 Å². The number of benzene rings is 2. The summed E-state index contributed by atoms with van der Waals surface area (Å²) in [5.74, 6) is -0.977. The van der Waals surface area contributed by atoms with Crippen molar-refractivity contribution in [2.45, 2.75) is 33.2 Å². The van der Waals surface area contributed by atoms with Gasteiger partial charge in [-0.1, -0.05) is 44.5 Å². The molecule has 1 aliphatic heterocycles. The summed E-state index contributed by atoms with van der Waals surface area (Å²) >= 11 is 5.86. The molecule has 1 aliphatic rings. The van der Waals surface area contributed by atoms with Crippen molar-refractivity contribution in [1.29, 1.82) is 0 Å². The second kappa shape index (κ2) is 7.64. The van der Waals surface area contributed by atoms with Gasteiger partial charge in [-0.05, 0) is 36.4 Å². The van der Waals surface area contributed by atoms with Crippen LogP contribution in [0.4, 0.5) is 17.1 Å². The van der Waals surface area contributed by atoms with E-state index in [0.29, 0.717) is 22.1 Å². The zero-order valence-electron chi connectivity index (χ0n) is 16.0. The van der Waals surface area contributed by atoms with Gasteiger partial charge in [0, 0.05) is 16.1 Å². The van der Waals surface area contributed by atoms with E-state index in [1.54, 1.807) is 69.3 Å². The normalized spacial score (nSPS) is 16.2. The summed E-state index contributed by atoms with van der Waals surface area (Å²) in [6.45, 7) is 5.36. The summed E-state index contributed by atoms with van der Waals surface area (Å²) in [5, 5.41) is 6.09. The topological polar surface area (TPSA) is 78.5 Å². The summed E-state index contributed by atoms with van der Waals surface area (Å²) in [5.41, 5.74) is 1.00. The Bertz CT molecular complexity index is 919. The molecule has 6 nitrogen and oxygen atoms in total. The van der Waals surface area contributed by atoms with Crippen molar-refractivity contribution < 1.29 is 14.4 Å². The lowest BCUT2D eigenvalue weighted by atomic mass is 9.91. The van der Waals surface area contributed by atoms with Crippen LogP contribution in [-0.4, -0.2) is 23.8 Å². The van der Waals surface area contributed by atoms with Crippen molar-refractivity contribution in [2.75, 3.05) is 15.5 Å². The summed E-state index contributed by atoms with van der Waals surface area (Å²) in [4.78, 5) is 39.9. The van der Waals surface area contributed by atoms with E-state index in [0.717, 1.165) is 0 Å². The molecule has 0 fully saturated rings. The van der Waals surface area contributed by atoms with E-state index in [2.05, 4.69) is 10.6 Å². The van der Waals surface area contributed by atoms with Crippen molar-refractivity contribution in [3.63, 3.8) is 0 Å². The van der Waals surface area contributed by atoms with Crippen LogP contribution in [0.15, 0.2) is 48.5 Å². The number of nitrogens with zero attached hydrogens (tertiary/aromatic N) is 1. The molecule has 1 heterocycles. The van der Waals surface area contributed by atoms with Crippen LogP contribution in [0.2, 0.25) is 5.02 Å². The maximum absolute atomic E-state index is 13.1. The van der Waals surface area contributed by atoms with Gasteiger partial charge in [0.1, 0.15) is 6.04 Å². The maximum Gasteiger partial charge on any atom is 0.248 e. The Labute approximate surface area is 168 Å². The first-order valence-corrected chi connectivity index (χ1v) is 9.33. The number of hydrogen-bond donors (Lipinski definition) is 2. The Kier molecular flexibility index (Phi) is 5.42. The number of nitrogens with one attached hydrogen (secondary N) is 2. The Balaban J connectivity index is 1.88. The predicted molar refractivity (Wildman–Crippen MR) is 110 cm³/mol. The third-order valence-corrected chi connectivity index (χ3v) is 4.65. The van der Waals surface area contributed by atoms with Gasteiger partial charge in [0.25, 0.3) is 0 Å². The summed E-state index contributed by atoms with van der Waals surface area (Å²) in [6.07, 6.45) is -0.162. The molecule has 1 atom stereocenters. The number of carbonyl (C=O) groups excluding carboxylic acids is 3. The lowest BCUT2D eigenvalue weighted by molar-refractivity contribution is -0.130. The van der Waals surface area contributed by atoms with Gasteiger partial charge in [-0.15, -0.1) is 0 Å². The summed E-state index contributed by atoms with van der Waals surface area (Å²) in [7, 11) is 0. The predicted octanol–water partition coefficient (Wildman–Crippen LogP) is 4.07. The molecule has 2 aromatic rings. The highest BCUT2D eigenvalue weighted by atomic mass is 35.5. The molecule has 0 aromatic heterocycles. The highest BCUT2D eigenvalue weighted by Gasteiger charge is 2.41. The largest absolute Gasteiger partial charge is 0.326 e. The minimum absolute atomic E-state index is 0.162. The first kappa shape index (κ1) is 19.9. The minimum atomic E-state index is -0.936. The van der Waals surface area contributed by atoms with Gasteiger partial charge in [0.2, 0.25) is 17.7 Å². The lowest BCUT2D eigenvalue weighted by Crippen LogP contribution is -2.55. The summed E-state index contributed by atoms with van der Waals surface area (Å²) in [6, 6.07) is 12.8. The van der Waals surface area contributed by atoms with Crippen LogP contribution in [0.1, 0.15) is 27.2 Å². The van der Waals surface area contributed by atoms with E-state index in [1.807, 2.05) is 0 Å². The third-order valence-electron chi connectivity index (χ3n) is 4.40. The van der Waals surface area contributed by atoms with E-state index >= 15 is 0 Å². The standard InChI is InChI=1S/C21H22ClN3O3/c1-21(2,3)20(28)25-16-7-5-4-6-15(16)24-19(27)17(25)12-18(26)23-14-10-8-13(22)9-11-14/h4-11,17H,12H2,1-3H3,(H,23,26)(H,24,27)/t17-/m1/s1. The fraction of sp³-hybridized carbons (Fsp3) is 0.286. The van der Waals surface area contributed by atoms with Crippen molar-refractivity contribution in [3.8, 4) is 0 Å². The number of rotatable bonds is 3. The smallest absolute Gasteiger partial charge is 0.248 e. The molecule has 0 radical (unpaired) electrons. The van der Waals surface area contributed by atoms with Crippen LogP contribution >= 0.6 is 11.6 Å². The molecule has 0 saturated heterocycles. The molecule has 28 heavy (non-hydrogen) atoms. The second-order valence-corrected chi connectivity index (χ2v) is 8.14. The molecule has 3 rings (SSSR count). The highest BCUT2D eigenvalue weighted by molar-refractivity contribution is 6.30. The van der Waals surface area contributed by atoms with Crippen LogP contribution in [0, 0.1) is 5.41 Å². The number of carbonyl (C=O) groups is 3. The molecule has 0 unspecified atom stereocenters. The fourth-order valence-corrected chi connectivity index (χ4v) is 3.13. The van der Waals surface area contributed by atoms with Crippen molar-refractivity contribution >= 4 is 46.4 Å². The van der Waals surface area contributed by atoms with E-state index < -0.39 is 11.5 Å². The Hall–Kier alpha value is -2.86. The van der Waals surface area contributed by atoms with E-state index in [9.17, 15) is 14.4 Å². The first-order valence-electron chi connectivity index (χ1n) is 8.96. The molecule has 146 valence electrons. The zero-order valence-corrected chi connectivity index (χ0v) is 16.7. The monoisotopic (exact) mass is 399 g/mol.